The maximum atomic E-state index is 12.7. The molecule has 2 fully saturated rings. The first-order chi connectivity index (χ1) is 12.3. The van der Waals surface area contributed by atoms with Crippen molar-refractivity contribution >= 4 is 33.8 Å². The highest BCUT2D eigenvalue weighted by Gasteiger charge is 2.52. The van der Waals surface area contributed by atoms with E-state index in [1.807, 2.05) is 19.1 Å². The minimum Gasteiger partial charge on any atom is -0.480 e. The normalized spacial score (nSPS) is 20.0. The number of ether oxygens (including phenoxy) is 1. The van der Waals surface area contributed by atoms with Gasteiger partial charge < -0.3 is 10.1 Å². The van der Waals surface area contributed by atoms with Crippen LogP contribution >= 0.6 is 15.9 Å². The topological polar surface area (TPSA) is 87.7 Å². The lowest BCUT2D eigenvalue weighted by Crippen LogP contribution is -2.53. The maximum Gasteiger partial charge on any atom is 0.344 e. The van der Waals surface area contributed by atoms with E-state index >= 15 is 0 Å². The van der Waals surface area contributed by atoms with E-state index in [1.54, 1.807) is 13.0 Å². The van der Waals surface area contributed by atoms with Crippen molar-refractivity contribution < 1.29 is 19.1 Å². The molecule has 140 valence electrons. The SMILES string of the molecule is Cc1ccc(O[C@@H](C)C(=O)NN2C(=O)NC3(CCCCC3)C2=O)c(Br)c1. The van der Waals surface area contributed by atoms with Crippen LogP contribution in [0.25, 0.3) is 0 Å². The van der Waals surface area contributed by atoms with Crippen molar-refractivity contribution in [3.8, 4) is 5.75 Å². The quantitative estimate of drug-likeness (QED) is 0.728. The molecule has 1 aromatic rings. The van der Waals surface area contributed by atoms with Crippen LogP contribution in [0.15, 0.2) is 22.7 Å². The number of amides is 4. The van der Waals surface area contributed by atoms with E-state index in [4.69, 9.17) is 4.74 Å². The second-order valence-corrected chi connectivity index (χ2v) is 7.74. The number of hydrazine groups is 1. The Morgan fingerprint density at radius 2 is 2.00 bits per heavy atom. The summed E-state index contributed by atoms with van der Waals surface area (Å²) >= 11 is 3.39. The number of nitrogens with zero attached hydrogens (tertiary/aromatic N) is 1. The van der Waals surface area contributed by atoms with Gasteiger partial charge in [0.2, 0.25) is 0 Å². The molecule has 0 bridgehead atoms. The van der Waals surface area contributed by atoms with Crippen LogP contribution in [0.1, 0.15) is 44.6 Å². The van der Waals surface area contributed by atoms with Gasteiger partial charge in [0, 0.05) is 0 Å². The molecule has 1 aromatic carbocycles. The highest BCUT2D eigenvalue weighted by Crippen LogP contribution is 2.33. The number of halogens is 1. The minimum absolute atomic E-state index is 0.390. The molecule has 1 spiro atoms. The fourth-order valence-electron chi connectivity index (χ4n) is 3.36. The summed E-state index contributed by atoms with van der Waals surface area (Å²) < 4.78 is 6.38. The van der Waals surface area contributed by atoms with Crippen LogP contribution in [0.2, 0.25) is 0 Å². The molecule has 26 heavy (non-hydrogen) atoms. The Hall–Kier alpha value is -2.09. The number of imide groups is 1. The number of hydrogen-bond acceptors (Lipinski definition) is 4. The molecule has 0 unspecified atom stereocenters. The average Bonchev–Trinajstić information content (AvgIpc) is 2.82. The summed E-state index contributed by atoms with van der Waals surface area (Å²) in [5, 5.41) is 3.54. The van der Waals surface area contributed by atoms with E-state index in [0.29, 0.717) is 18.6 Å². The predicted molar refractivity (Wildman–Crippen MR) is 98.3 cm³/mol. The lowest BCUT2D eigenvalue weighted by Gasteiger charge is -2.30. The van der Waals surface area contributed by atoms with Gasteiger partial charge in [0.05, 0.1) is 4.47 Å². The summed E-state index contributed by atoms with van der Waals surface area (Å²) in [5.74, 6) is -0.438. The predicted octanol–water partition coefficient (Wildman–Crippen LogP) is 2.81. The highest BCUT2D eigenvalue weighted by atomic mass is 79.9. The summed E-state index contributed by atoms with van der Waals surface area (Å²) in [6.07, 6.45) is 3.15. The van der Waals surface area contributed by atoms with Crippen molar-refractivity contribution in [2.45, 2.75) is 57.6 Å². The highest BCUT2D eigenvalue weighted by molar-refractivity contribution is 9.10. The van der Waals surface area contributed by atoms with Crippen molar-refractivity contribution in [2.75, 3.05) is 0 Å². The van der Waals surface area contributed by atoms with E-state index < -0.39 is 23.6 Å². The van der Waals surface area contributed by atoms with Crippen LogP contribution in [0, 0.1) is 6.92 Å². The largest absolute Gasteiger partial charge is 0.480 e. The summed E-state index contributed by atoms with van der Waals surface area (Å²) in [4.78, 5) is 37.3. The Kier molecular flexibility index (Phi) is 5.22. The Morgan fingerprint density at radius 1 is 1.31 bits per heavy atom. The zero-order chi connectivity index (χ0) is 18.9. The number of nitrogens with one attached hydrogen (secondary N) is 2. The molecule has 1 heterocycles. The Balaban J connectivity index is 1.65. The van der Waals surface area contributed by atoms with Gasteiger partial charge in [-0.1, -0.05) is 25.3 Å². The molecule has 7 nitrogen and oxygen atoms in total. The third-order valence-corrected chi connectivity index (χ3v) is 5.47. The van der Waals surface area contributed by atoms with Gasteiger partial charge in [0.25, 0.3) is 11.8 Å². The molecule has 1 aliphatic carbocycles. The number of rotatable bonds is 4. The molecule has 2 N–H and O–H groups in total. The summed E-state index contributed by atoms with van der Waals surface area (Å²) in [7, 11) is 0. The van der Waals surface area contributed by atoms with Crippen LogP contribution in [0.3, 0.4) is 0 Å². The number of carbonyl (C=O) groups is 3. The molecule has 0 aromatic heterocycles. The van der Waals surface area contributed by atoms with E-state index in [9.17, 15) is 14.4 Å². The van der Waals surface area contributed by atoms with Gasteiger partial charge in [-0.3, -0.25) is 15.0 Å². The Morgan fingerprint density at radius 3 is 2.65 bits per heavy atom. The molecule has 1 aliphatic heterocycles. The minimum atomic E-state index is -0.877. The number of hydrogen-bond donors (Lipinski definition) is 2. The molecule has 2 aliphatic rings. The number of aryl methyl sites for hydroxylation is 1. The number of urea groups is 1. The van der Waals surface area contributed by atoms with Gasteiger partial charge in [-0.05, 0) is 60.3 Å². The second kappa shape index (κ2) is 7.26. The zero-order valence-electron chi connectivity index (χ0n) is 14.8. The average molecular weight is 424 g/mol. The van der Waals surface area contributed by atoms with Gasteiger partial charge in [-0.2, -0.15) is 5.01 Å². The van der Waals surface area contributed by atoms with Crippen LogP contribution in [0.4, 0.5) is 4.79 Å². The molecule has 0 radical (unpaired) electrons. The molecule has 4 amide bonds. The van der Waals surface area contributed by atoms with E-state index in [1.165, 1.54) is 0 Å². The molecule has 1 atom stereocenters. The van der Waals surface area contributed by atoms with Gasteiger partial charge in [-0.15, -0.1) is 0 Å². The van der Waals surface area contributed by atoms with Crippen molar-refractivity contribution in [1.82, 2.24) is 15.8 Å². The lowest BCUT2D eigenvalue weighted by atomic mass is 9.82. The molecule has 1 saturated heterocycles. The third-order valence-electron chi connectivity index (χ3n) is 4.85. The second-order valence-electron chi connectivity index (χ2n) is 6.88. The smallest absolute Gasteiger partial charge is 0.344 e. The van der Waals surface area contributed by atoms with Crippen LogP contribution in [-0.4, -0.2) is 34.5 Å². The fraction of sp³-hybridized carbons (Fsp3) is 0.500. The van der Waals surface area contributed by atoms with Crippen LogP contribution < -0.4 is 15.5 Å². The standard InChI is InChI=1S/C18H22BrN3O4/c1-11-6-7-14(13(19)10-11)26-12(2)15(23)21-22-16(24)18(20-17(22)25)8-4-3-5-9-18/h6-7,10,12H,3-5,8-9H2,1-2H3,(H,20,25)(H,21,23)/t12-/m0/s1. The summed E-state index contributed by atoms with van der Waals surface area (Å²) in [6.45, 7) is 3.51. The molecular formula is C18H22BrN3O4. The molecule has 3 rings (SSSR count). The van der Waals surface area contributed by atoms with Crippen LogP contribution in [-0.2, 0) is 9.59 Å². The van der Waals surface area contributed by atoms with Gasteiger partial charge in [0.1, 0.15) is 11.3 Å². The Bertz CT molecular complexity index is 746. The van der Waals surface area contributed by atoms with Gasteiger partial charge in [-0.25, -0.2) is 4.79 Å². The van der Waals surface area contributed by atoms with Crippen molar-refractivity contribution in [3.05, 3.63) is 28.2 Å². The third kappa shape index (κ3) is 3.56. The van der Waals surface area contributed by atoms with Crippen LogP contribution in [0.5, 0.6) is 5.75 Å². The molecule has 8 heteroatoms. The monoisotopic (exact) mass is 423 g/mol. The van der Waals surface area contributed by atoms with E-state index in [0.717, 1.165) is 34.3 Å². The van der Waals surface area contributed by atoms with Crippen molar-refractivity contribution in [3.63, 3.8) is 0 Å². The van der Waals surface area contributed by atoms with Crippen molar-refractivity contribution in [2.24, 2.45) is 0 Å². The van der Waals surface area contributed by atoms with E-state index in [-0.39, 0.29) is 5.91 Å². The van der Waals surface area contributed by atoms with Gasteiger partial charge >= 0.3 is 6.03 Å². The zero-order valence-corrected chi connectivity index (χ0v) is 16.4. The lowest BCUT2D eigenvalue weighted by molar-refractivity contribution is -0.142. The first kappa shape index (κ1) is 18.7. The number of benzene rings is 1. The first-order valence-corrected chi connectivity index (χ1v) is 9.52. The van der Waals surface area contributed by atoms with E-state index in [2.05, 4.69) is 26.7 Å². The molecular weight excluding hydrogens is 402 g/mol. The molecule has 1 saturated carbocycles. The first-order valence-electron chi connectivity index (χ1n) is 8.72. The fourth-order valence-corrected chi connectivity index (χ4v) is 3.95. The van der Waals surface area contributed by atoms with Crippen molar-refractivity contribution in [1.29, 1.82) is 0 Å². The number of carbonyl (C=O) groups excluding carboxylic acids is 3. The maximum absolute atomic E-state index is 12.7. The van der Waals surface area contributed by atoms with Gasteiger partial charge in [0.15, 0.2) is 6.10 Å². The summed E-state index contributed by atoms with van der Waals surface area (Å²) in [6, 6.07) is 4.92. The Labute approximate surface area is 160 Å². The summed E-state index contributed by atoms with van der Waals surface area (Å²) in [5.41, 5.74) is 2.58.